The first-order valence-electron chi connectivity index (χ1n) is 6.65. The average Bonchev–Trinajstić information content (AvgIpc) is 2.41. The lowest BCUT2D eigenvalue weighted by atomic mass is 10.00. The van der Waals surface area contributed by atoms with E-state index in [2.05, 4.69) is 10.3 Å². The number of alkyl halides is 3. The monoisotopic (exact) mass is 282 g/mol. The van der Waals surface area contributed by atoms with Gasteiger partial charge in [-0.3, -0.25) is 4.98 Å². The molecule has 1 unspecified atom stereocenters. The summed E-state index contributed by atoms with van der Waals surface area (Å²) in [6.07, 6.45) is -2.70. The number of aromatic nitrogens is 1. The Hall–Kier alpha value is -1.62. The SMILES string of the molecule is CCCNC(CC(F)(F)F)c1cccc2cccnc12. The number of para-hydroxylation sites is 1. The number of rotatable bonds is 5. The molecule has 20 heavy (non-hydrogen) atoms. The molecule has 1 atom stereocenters. The smallest absolute Gasteiger partial charge is 0.310 e. The van der Waals surface area contributed by atoms with E-state index in [-0.39, 0.29) is 0 Å². The predicted molar refractivity (Wildman–Crippen MR) is 73.4 cm³/mol. The van der Waals surface area contributed by atoms with E-state index in [1.807, 2.05) is 19.1 Å². The summed E-state index contributed by atoms with van der Waals surface area (Å²) in [5.41, 5.74) is 1.24. The normalized spacial score (nSPS) is 13.6. The standard InChI is InChI=1S/C15H17F3N2/c1-2-8-19-13(10-15(16,17)18)12-7-3-5-11-6-4-9-20-14(11)12/h3-7,9,13,19H,2,8,10H2,1H3. The van der Waals surface area contributed by atoms with Crippen molar-refractivity contribution >= 4 is 10.9 Å². The van der Waals surface area contributed by atoms with Crippen molar-refractivity contribution in [2.24, 2.45) is 0 Å². The Labute approximate surface area is 116 Å². The molecule has 0 bridgehead atoms. The molecule has 0 saturated heterocycles. The molecule has 0 fully saturated rings. The van der Waals surface area contributed by atoms with E-state index in [0.29, 0.717) is 17.6 Å². The van der Waals surface area contributed by atoms with Crippen LogP contribution in [0.5, 0.6) is 0 Å². The van der Waals surface area contributed by atoms with Gasteiger partial charge >= 0.3 is 6.18 Å². The van der Waals surface area contributed by atoms with Crippen LogP contribution in [0.1, 0.15) is 31.4 Å². The highest BCUT2D eigenvalue weighted by atomic mass is 19.4. The van der Waals surface area contributed by atoms with Gasteiger partial charge < -0.3 is 5.32 Å². The lowest BCUT2D eigenvalue weighted by molar-refractivity contribution is -0.140. The van der Waals surface area contributed by atoms with Crippen LogP contribution in [-0.4, -0.2) is 17.7 Å². The summed E-state index contributed by atoms with van der Waals surface area (Å²) in [7, 11) is 0. The maximum atomic E-state index is 12.8. The Balaban J connectivity index is 2.39. The second-order valence-corrected chi connectivity index (χ2v) is 4.75. The van der Waals surface area contributed by atoms with Gasteiger partial charge in [0.25, 0.3) is 0 Å². The molecule has 2 rings (SSSR count). The van der Waals surface area contributed by atoms with Gasteiger partial charge in [-0.05, 0) is 24.6 Å². The summed E-state index contributed by atoms with van der Waals surface area (Å²) < 4.78 is 38.3. The maximum absolute atomic E-state index is 12.8. The first-order chi connectivity index (χ1) is 9.51. The Morgan fingerprint density at radius 2 is 1.95 bits per heavy atom. The number of nitrogens with one attached hydrogen (secondary N) is 1. The first kappa shape index (κ1) is 14.8. The zero-order chi connectivity index (χ0) is 14.6. The lowest BCUT2D eigenvalue weighted by Gasteiger charge is -2.21. The van der Waals surface area contributed by atoms with Crippen molar-refractivity contribution in [3.8, 4) is 0 Å². The van der Waals surface area contributed by atoms with E-state index in [9.17, 15) is 13.2 Å². The van der Waals surface area contributed by atoms with Crippen molar-refractivity contribution in [3.05, 3.63) is 42.1 Å². The molecule has 5 heteroatoms. The van der Waals surface area contributed by atoms with Gasteiger partial charge in [0.05, 0.1) is 11.9 Å². The third-order valence-corrected chi connectivity index (χ3v) is 3.12. The molecule has 0 radical (unpaired) electrons. The number of fused-ring (bicyclic) bond motifs is 1. The van der Waals surface area contributed by atoms with E-state index in [1.54, 1.807) is 24.4 Å². The minimum Gasteiger partial charge on any atom is -0.310 e. The van der Waals surface area contributed by atoms with Crippen LogP contribution >= 0.6 is 0 Å². The molecule has 108 valence electrons. The van der Waals surface area contributed by atoms with Crippen molar-refractivity contribution in [2.75, 3.05) is 6.54 Å². The third kappa shape index (κ3) is 3.70. The molecule has 0 aliphatic heterocycles. The molecule has 1 aromatic carbocycles. The Bertz CT molecular complexity index is 561. The Morgan fingerprint density at radius 1 is 1.20 bits per heavy atom. The van der Waals surface area contributed by atoms with Crippen LogP contribution in [0.3, 0.4) is 0 Å². The van der Waals surface area contributed by atoms with Gasteiger partial charge in [-0.25, -0.2) is 0 Å². The molecular weight excluding hydrogens is 265 g/mol. The van der Waals surface area contributed by atoms with Gasteiger partial charge in [-0.2, -0.15) is 13.2 Å². The van der Waals surface area contributed by atoms with E-state index in [1.165, 1.54) is 0 Å². The second-order valence-electron chi connectivity index (χ2n) is 4.75. The Kier molecular flexibility index (Phi) is 4.60. The molecule has 2 aromatic rings. The van der Waals surface area contributed by atoms with E-state index in [0.717, 1.165) is 11.8 Å². The average molecular weight is 282 g/mol. The molecular formula is C15H17F3N2. The molecule has 0 aliphatic carbocycles. The van der Waals surface area contributed by atoms with Crippen molar-refractivity contribution in [1.82, 2.24) is 10.3 Å². The van der Waals surface area contributed by atoms with Crippen molar-refractivity contribution in [2.45, 2.75) is 32.0 Å². The number of hydrogen-bond donors (Lipinski definition) is 1. The van der Waals surface area contributed by atoms with Gasteiger partial charge in [-0.1, -0.05) is 31.2 Å². The minimum atomic E-state index is -4.21. The fourth-order valence-corrected chi connectivity index (χ4v) is 2.25. The molecule has 0 spiro atoms. The number of halogens is 3. The lowest BCUT2D eigenvalue weighted by Crippen LogP contribution is -2.27. The topological polar surface area (TPSA) is 24.9 Å². The third-order valence-electron chi connectivity index (χ3n) is 3.12. The molecule has 0 amide bonds. The van der Waals surface area contributed by atoms with Crippen LogP contribution in [0.2, 0.25) is 0 Å². The maximum Gasteiger partial charge on any atom is 0.390 e. The van der Waals surface area contributed by atoms with Crippen LogP contribution in [0.15, 0.2) is 36.5 Å². The van der Waals surface area contributed by atoms with Crippen molar-refractivity contribution < 1.29 is 13.2 Å². The van der Waals surface area contributed by atoms with Gasteiger partial charge in [-0.15, -0.1) is 0 Å². The highest BCUT2D eigenvalue weighted by molar-refractivity contribution is 5.82. The molecule has 1 aromatic heterocycles. The predicted octanol–water partition coefficient (Wildman–Crippen LogP) is 4.23. The molecule has 2 nitrogen and oxygen atoms in total. The fourth-order valence-electron chi connectivity index (χ4n) is 2.25. The van der Waals surface area contributed by atoms with Crippen LogP contribution in [0.25, 0.3) is 10.9 Å². The summed E-state index contributed by atoms with van der Waals surface area (Å²) in [5.74, 6) is 0. The van der Waals surface area contributed by atoms with E-state index >= 15 is 0 Å². The summed E-state index contributed by atoms with van der Waals surface area (Å²) in [6.45, 7) is 2.48. The highest BCUT2D eigenvalue weighted by Crippen LogP contribution is 2.32. The molecule has 0 aliphatic rings. The summed E-state index contributed by atoms with van der Waals surface area (Å²) in [6, 6.07) is 8.23. The minimum absolute atomic E-state index is 0.546. The summed E-state index contributed by atoms with van der Waals surface area (Å²) >= 11 is 0. The van der Waals surface area contributed by atoms with Crippen molar-refractivity contribution in [1.29, 1.82) is 0 Å². The molecule has 1 heterocycles. The van der Waals surface area contributed by atoms with E-state index in [4.69, 9.17) is 0 Å². The number of pyridine rings is 1. The molecule has 1 N–H and O–H groups in total. The van der Waals surface area contributed by atoms with Gasteiger partial charge in [0.2, 0.25) is 0 Å². The van der Waals surface area contributed by atoms with E-state index < -0.39 is 18.6 Å². The van der Waals surface area contributed by atoms with Gasteiger partial charge in [0.1, 0.15) is 0 Å². The van der Waals surface area contributed by atoms with Crippen LogP contribution < -0.4 is 5.32 Å². The summed E-state index contributed by atoms with van der Waals surface area (Å²) in [5, 5.41) is 3.83. The van der Waals surface area contributed by atoms with Crippen molar-refractivity contribution in [3.63, 3.8) is 0 Å². The quantitative estimate of drug-likeness (QED) is 0.887. The zero-order valence-corrected chi connectivity index (χ0v) is 11.2. The highest BCUT2D eigenvalue weighted by Gasteiger charge is 2.33. The van der Waals surface area contributed by atoms with Gasteiger partial charge in [0.15, 0.2) is 0 Å². The Morgan fingerprint density at radius 3 is 2.65 bits per heavy atom. The number of hydrogen-bond acceptors (Lipinski definition) is 2. The van der Waals surface area contributed by atoms with Crippen LogP contribution in [0, 0.1) is 0 Å². The number of nitrogens with zero attached hydrogens (tertiary/aromatic N) is 1. The summed E-state index contributed by atoms with van der Waals surface area (Å²) in [4.78, 5) is 4.23. The largest absolute Gasteiger partial charge is 0.390 e. The first-order valence-corrected chi connectivity index (χ1v) is 6.65. The van der Waals surface area contributed by atoms with Crippen LogP contribution in [0.4, 0.5) is 13.2 Å². The second kappa shape index (κ2) is 6.22. The molecule has 0 saturated carbocycles. The fraction of sp³-hybridized carbons (Fsp3) is 0.400. The van der Waals surface area contributed by atoms with Crippen LogP contribution in [-0.2, 0) is 0 Å². The number of benzene rings is 1. The zero-order valence-electron chi connectivity index (χ0n) is 11.2. The van der Waals surface area contributed by atoms with Gasteiger partial charge in [0, 0.05) is 17.6 Å².